The first kappa shape index (κ1) is 35.2. The van der Waals surface area contributed by atoms with E-state index in [9.17, 15) is 0 Å². The summed E-state index contributed by atoms with van der Waals surface area (Å²) in [5.41, 5.74) is 8.13. The Balaban J connectivity index is 1.45. The monoisotopic (exact) mass is 788 g/mol. The second-order valence-corrected chi connectivity index (χ2v) is 14.5. The second-order valence-electron chi connectivity index (χ2n) is 11.2. The van der Waals surface area contributed by atoms with Gasteiger partial charge in [0, 0.05) is 80.4 Å². The molecule has 0 bridgehead atoms. The van der Waals surface area contributed by atoms with E-state index in [1.165, 1.54) is 11.1 Å². The molecule has 0 unspecified atom stereocenters. The molecule has 0 saturated carbocycles. The molecule has 6 rings (SSSR count). The lowest BCUT2D eigenvalue weighted by Gasteiger charge is -2.26. The highest BCUT2D eigenvalue weighted by Gasteiger charge is 2.32. The Morgan fingerprint density at radius 3 is 1.19 bits per heavy atom. The van der Waals surface area contributed by atoms with Gasteiger partial charge in [0.25, 0.3) is 0 Å². The van der Waals surface area contributed by atoms with Gasteiger partial charge in [-0.25, -0.2) is 4.98 Å². The lowest BCUT2D eigenvalue weighted by molar-refractivity contribution is 0.966. The van der Waals surface area contributed by atoms with Crippen molar-refractivity contribution >= 4 is 110 Å². The number of hydrogen-bond donors (Lipinski definition) is 0. The Morgan fingerprint density at radius 1 is 0.458 bits per heavy atom. The smallest absolute Gasteiger partial charge is 0.135 e. The van der Waals surface area contributed by atoms with E-state index in [0.717, 1.165) is 22.6 Å². The number of nitrogens with zero attached hydrogens (tertiary/aromatic N) is 2. The Morgan fingerprint density at radius 2 is 0.812 bits per heavy atom. The Labute approximate surface area is 319 Å². The molecule has 0 aliphatic heterocycles. The third-order valence-corrected chi connectivity index (χ3v) is 10.2. The van der Waals surface area contributed by atoms with E-state index in [2.05, 4.69) is 67.3 Å². The van der Waals surface area contributed by atoms with Gasteiger partial charge in [-0.2, -0.15) is 0 Å². The molecule has 242 valence electrons. The van der Waals surface area contributed by atoms with Crippen molar-refractivity contribution in [2.45, 2.75) is 19.8 Å². The van der Waals surface area contributed by atoms with Gasteiger partial charge in [0.15, 0.2) is 0 Å². The van der Waals surface area contributed by atoms with Crippen LogP contribution in [0.5, 0.6) is 0 Å². The normalized spacial score (nSPS) is 11.3. The van der Waals surface area contributed by atoms with Crippen molar-refractivity contribution in [1.82, 2.24) is 4.98 Å². The van der Waals surface area contributed by atoms with Crippen molar-refractivity contribution in [2.75, 3.05) is 4.90 Å². The third kappa shape index (κ3) is 7.29. The fraction of sp³-hybridized carbons (Fsp3) is 0.0789. The van der Waals surface area contributed by atoms with Crippen LogP contribution < -0.4 is 4.90 Å². The van der Waals surface area contributed by atoms with Gasteiger partial charge < -0.3 is 4.90 Å². The van der Waals surface area contributed by atoms with Crippen LogP contribution in [0.1, 0.15) is 33.7 Å². The summed E-state index contributed by atoms with van der Waals surface area (Å²) in [4.78, 5) is 6.98. The van der Waals surface area contributed by atoms with E-state index >= 15 is 0 Å². The van der Waals surface area contributed by atoms with Crippen molar-refractivity contribution < 1.29 is 0 Å². The average Bonchev–Trinajstić information content (AvgIpc) is 3.02. The number of benzene rings is 5. The van der Waals surface area contributed by atoms with Gasteiger partial charge in [0.2, 0.25) is 0 Å². The predicted octanol–water partition coefficient (Wildman–Crippen LogP) is 15.2. The molecule has 0 radical (unpaired) electrons. The van der Waals surface area contributed by atoms with Crippen molar-refractivity contribution in [2.24, 2.45) is 0 Å². The quantitative estimate of drug-likeness (QED) is 0.150. The molecule has 1 heterocycles. The molecule has 2 nitrogen and oxygen atoms in total. The highest BCUT2D eigenvalue weighted by Crippen LogP contribution is 2.50. The van der Waals surface area contributed by atoms with Crippen LogP contribution in [0.4, 0.5) is 17.1 Å². The van der Waals surface area contributed by atoms with Crippen LogP contribution >= 0.6 is 92.8 Å². The summed E-state index contributed by atoms with van der Waals surface area (Å²) < 4.78 is 0. The minimum atomic E-state index is -0.805. The standard InChI is InChI=1S/C38H24Cl8N2/c1-20-3-9-25(10-4-20)48(26-11-5-21(2)6-12-26)27-13-7-22(8-14-27)33-19-32(45)36(38(46)47-33)37(34-28(41)15-23(39)16-29(34)42)35-30(43)17-24(40)18-31(35)44/h3-19,37H,1-2H3. The lowest BCUT2D eigenvalue weighted by Crippen LogP contribution is -2.10. The molecule has 5 aromatic carbocycles. The Hall–Kier alpha value is -2.63. The summed E-state index contributed by atoms with van der Waals surface area (Å²) in [6.07, 6.45) is 0. The lowest BCUT2D eigenvalue weighted by atomic mass is 9.85. The summed E-state index contributed by atoms with van der Waals surface area (Å²) in [5.74, 6) is -0.805. The number of anilines is 3. The zero-order valence-electron chi connectivity index (χ0n) is 25.3. The van der Waals surface area contributed by atoms with E-state index < -0.39 is 5.92 Å². The molecule has 0 atom stereocenters. The number of halogens is 8. The average molecular weight is 792 g/mol. The van der Waals surface area contributed by atoms with E-state index in [1.807, 2.05) is 24.3 Å². The van der Waals surface area contributed by atoms with Crippen molar-refractivity contribution in [3.63, 3.8) is 0 Å². The molecule has 10 heteroatoms. The summed E-state index contributed by atoms with van der Waals surface area (Å²) >= 11 is 53.6. The van der Waals surface area contributed by atoms with Crippen LogP contribution in [-0.2, 0) is 0 Å². The van der Waals surface area contributed by atoms with Crippen LogP contribution in [0.2, 0.25) is 40.3 Å². The van der Waals surface area contributed by atoms with Gasteiger partial charge in [-0.05, 0) is 80.6 Å². The van der Waals surface area contributed by atoms with Crippen LogP contribution in [0.25, 0.3) is 11.3 Å². The molecule has 48 heavy (non-hydrogen) atoms. The number of aromatic nitrogens is 1. The van der Waals surface area contributed by atoms with E-state index in [0.29, 0.717) is 37.5 Å². The first-order valence-electron chi connectivity index (χ1n) is 14.6. The summed E-state index contributed by atoms with van der Waals surface area (Å²) in [5, 5.41) is 2.25. The maximum Gasteiger partial charge on any atom is 0.135 e. The van der Waals surface area contributed by atoms with Gasteiger partial charge in [0.05, 0.1) is 5.69 Å². The largest absolute Gasteiger partial charge is 0.311 e. The molecule has 0 fully saturated rings. The van der Waals surface area contributed by atoms with Crippen molar-refractivity contribution in [1.29, 1.82) is 0 Å². The SMILES string of the molecule is Cc1ccc(N(c2ccc(C)cc2)c2ccc(-c3cc(Cl)c(C(c4c(Cl)cc(Cl)cc4Cl)c4c(Cl)cc(Cl)cc4Cl)c(Cl)n3)cc2)cc1. The minimum Gasteiger partial charge on any atom is -0.311 e. The van der Waals surface area contributed by atoms with Gasteiger partial charge in [-0.3, -0.25) is 0 Å². The van der Waals surface area contributed by atoms with Crippen molar-refractivity contribution in [3.05, 3.63) is 171 Å². The number of hydrogen-bond acceptors (Lipinski definition) is 2. The van der Waals surface area contributed by atoms with Crippen LogP contribution in [-0.4, -0.2) is 4.98 Å². The molecular formula is C38H24Cl8N2. The number of rotatable bonds is 7. The maximum absolute atomic E-state index is 7.06. The zero-order chi connectivity index (χ0) is 34.3. The van der Waals surface area contributed by atoms with E-state index in [-0.39, 0.29) is 25.2 Å². The maximum atomic E-state index is 7.06. The molecule has 0 saturated heterocycles. The topological polar surface area (TPSA) is 16.1 Å². The van der Waals surface area contributed by atoms with Gasteiger partial charge in [-0.1, -0.05) is 140 Å². The van der Waals surface area contributed by atoms with Gasteiger partial charge in [0.1, 0.15) is 5.15 Å². The number of aryl methyl sites for hydroxylation is 2. The molecule has 1 aromatic heterocycles. The van der Waals surface area contributed by atoms with Crippen LogP contribution in [0.3, 0.4) is 0 Å². The molecular weight excluding hydrogens is 768 g/mol. The Bertz CT molecular complexity index is 1960. The Kier molecular flexibility index (Phi) is 10.8. The van der Waals surface area contributed by atoms with Gasteiger partial charge >= 0.3 is 0 Å². The van der Waals surface area contributed by atoms with Crippen LogP contribution in [0, 0.1) is 13.8 Å². The summed E-state index contributed by atoms with van der Waals surface area (Å²) in [6.45, 7) is 4.14. The first-order valence-corrected chi connectivity index (χ1v) is 17.6. The molecule has 0 aliphatic rings. The van der Waals surface area contributed by atoms with E-state index in [1.54, 1.807) is 30.3 Å². The number of pyridine rings is 1. The minimum absolute atomic E-state index is 0.122. The predicted molar refractivity (Wildman–Crippen MR) is 208 cm³/mol. The third-order valence-electron chi connectivity index (χ3n) is 7.92. The highest BCUT2D eigenvalue weighted by atomic mass is 35.5. The van der Waals surface area contributed by atoms with E-state index in [4.69, 9.17) is 97.8 Å². The molecule has 0 amide bonds. The van der Waals surface area contributed by atoms with Crippen molar-refractivity contribution in [3.8, 4) is 11.3 Å². The first-order chi connectivity index (χ1) is 22.9. The molecule has 0 N–H and O–H groups in total. The molecule has 0 aliphatic carbocycles. The van der Waals surface area contributed by atoms with Crippen LogP contribution in [0.15, 0.2) is 103 Å². The summed E-state index contributed by atoms with van der Waals surface area (Å²) in [7, 11) is 0. The van der Waals surface area contributed by atoms with Gasteiger partial charge in [-0.15, -0.1) is 0 Å². The molecule has 0 spiro atoms. The zero-order valence-corrected chi connectivity index (χ0v) is 31.4. The second kappa shape index (κ2) is 14.7. The summed E-state index contributed by atoms with van der Waals surface area (Å²) in [6, 6.07) is 32.9. The molecule has 6 aromatic rings. The highest BCUT2D eigenvalue weighted by molar-refractivity contribution is 6.42. The fourth-order valence-corrected chi connectivity index (χ4v) is 8.33. The fourth-order valence-electron chi connectivity index (χ4n) is 5.61.